The van der Waals surface area contributed by atoms with Crippen LogP contribution in [-0.4, -0.2) is 35.1 Å². The van der Waals surface area contributed by atoms with Crippen molar-refractivity contribution in [2.75, 3.05) is 17.3 Å². The summed E-state index contributed by atoms with van der Waals surface area (Å²) in [6.45, 7) is 1.80. The molecule has 0 unspecified atom stereocenters. The van der Waals surface area contributed by atoms with Crippen LogP contribution in [0.5, 0.6) is 5.75 Å². The number of ether oxygens (including phenoxy) is 1. The second kappa shape index (κ2) is 6.96. The number of likely N-dealkylation sites (N-methyl/N-ethyl adjacent to an activating group) is 1. The number of nitrogens with zero attached hydrogens (tertiary/aromatic N) is 3. The minimum Gasteiger partial charge on any atom is -0.490 e. The summed E-state index contributed by atoms with van der Waals surface area (Å²) in [5, 5.41) is 2.78. The van der Waals surface area contributed by atoms with E-state index in [9.17, 15) is 18.0 Å². The van der Waals surface area contributed by atoms with E-state index in [2.05, 4.69) is 15.3 Å². The summed E-state index contributed by atoms with van der Waals surface area (Å²) in [7, 11) is 1.81. The van der Waals surface area contributed by atoms with E-state index in [4.69, 9.17) is 4.74 Å². The highest BCUT2D eigenvalue weighted by Crippen LogP contribution is 2.35. The first kappa shape index (κ1) is 18.5. The lowest BCUT2D eigenvalue weighted by Gasteiger charge is -2.35. The molecule has 1 aliphatic carbocycles. The number of carbonyl (C=O) groups is 1. The maximum atomic E-state index is 13.3. The van der Waals surface area contributed by atoms with Crippen molar-refractivity contribution in [3.63, 3.8) is 0 Å². The molecule has 2 aromatic rings. The van der Waals surface area contributed by atoms with Crippen LogP contribution in [0.3, 0.4) is 0 Å². The summed E-state index contributed by atoms with van der Waals surface area (Å²) in [4.78, 5) is 22.5. The lowest BCUT2D eigenvalue weighted by Crippen LogP contribution is -2.44. The molecule has 0 spiro atoms. The van der Waals surface area contributed by atoms with E-state index in [1.807, 2.05) is 11.9 Å². The molecule has 0 radical (unpaired) electrons. The maximum Gasteiger partial charge on any atom is 0.246 e. The first-order chi connectivity index (χ1) is 13.3. The van der Waals surface area contributed by atoms with Gasteiger partial charge in [-0.2, -0.15) is 0 Å². The Morgan fingerprint density at radius 1 is 1.25 bits per heavy atom. The summed E-state index contributed by atoms with van der Waals surface area (Å²) in [6.07, 6.45) is 3.42. The Balaban J connectivity index is 1.36. The fourth-order valence-electron chi connectivity index (χ4n) is 3.45. The molecule has 1 atom stereocenters. The number of benzene rings is 1. The highest BCUT2D eigenvalue weighted by Gasteiger charge is 2.33. The average Bonchev–Trinajstić information content (AvgIpc) is 2.63. The van der Waals surface area contributed by atoms with Crippen molar-refractivity contribution in [3.8, 4) is 5.75 Å². The van der Waals surface area contributed by atoms with Gasteiger partial charge >= 0.3 is 0 Å². The zero-order chi connectivity index (χ0) is 20.0. The van der Waals surface area contributed by atoms with Gasteiger partial charge < -0.3 is 15.0 Å². The monoisotopic (exact) mass is 392 g/mol. The molecule has 0 bridgehead atoms. The molecule has 1 saturated carbocycles. The second-order valence-corrected chi connectivity index (χ2v) is 7.28. The van der Waals surface area contributed by atoms with Gasteiger partial charge in [-0.25, -0.2) is 23.1 Å². The van der Waals surface area contributed by atoms with Crippen molar-refractivity contribution in [1.82, 2.24) is 9.97 Å². The van der Waals surface area contributed by atoms with Crippen LogP contribution in [0.4, 0.5) is 24.7 Å². The molecule has 6 nitrogen and oxygen atoms in total. The number of hydrogen-bond donors (Lipinski definition) is 1. The van der Waals surface area contributed by atoms with Gasteiger partial charge in [-0.05, 0) is 25.7 Å². The van der Waals surface area contributed by atoms with E-state index in [-0.39, 0.29) is 29.7 Å². The van der Waals surface area contributed by atoms with Gasteiger partial charge in [0.1, 0.15) is 23.3 Å². The van der Waals surface area contributed by atoms with Crippen molar-refractivity contribution >= 4 is 17.4 Å². The SMILES string of the molecule is C[C@H]1C(=O)Nc2cnc(CC3CC(Oc4cc(F)c(F)c(F)c4)C3)nc2N1C. The van der Waals surface area contributed by atoms with Gasteiger partial charge in [-0.3, -0.25) is 4.79 Å². The largest absolute Gasteiger partial charge is 0.490 e. The lowest BCUT2D eigenvalue weighted by molar-refractivity contribution is -0.117. The number of rotatable bonds is 4. The van der Waals surface area contributed by atoms with Crippen LogP contribution in [-0.2, 0) is 11.2 Å². The van der Waals surface area contributed by atoms with E-state index in [0.29, 0.717) is 36.6 Å². The Hall–Kier alpha value is -2.84. The number of aromatic nitrogens is 2. The van der Waals surface area contributed by atoms with Gasteiger partial charge in [0.2, 0.25) is 5.91 Å². The molecule has 1 aromatic carbocycles. The van der Waals surface area contributed by atoms with Gasteiger partial charge in [-0.1, -0.05) is 0 Å². The van der Waals surface area contributed by atoms with E-state index in [0.717, 1.165) is 12.1 Å². The van der Waals surface area contributed by atoms with Gasteiger partial charge in [0.25, 0.3) is 0 Å². The molecular weight excluding hydrogens is 373 g/mol. The van der Waals surface area contributed by atoms with Crippen molar-refractivity contribution in [2.45, 2.75) is 38.3 Å². The van der Waals surface area contributed by atoms with Crippen molar-refractivity contribution in [2.24, 2.45) is 5.92 Å². The summed E-state index contributed by atoms with van der Waals surface area (Å²) in [5.74, 6) is -2.52. The highest BCUT2D eigenvalue weighted by atomic mass is 19.2. The summed E-state index contributed by atoms with van der Waals surface area (Å²) in [6, 6.07) is 1.39. The Morgan fingerprint density at radius 3 is 2.61 bits per heavy atom. The third kappa shape index (κ3) is 3.36. The third-order valence-electron chi connectivity index (χ3n) is 5.29. The lowest BCUT2D eigenvalue weighted by atomic mass is 9.80. The van der Waals surface area contributed by atoms with Crippen LogP contribution in [0, 0.1) is 23.4 Å². The fraction of sp³-hybridized carbons (Fsp3) is 0.421. The number of hydrogen-bond acceptors (Lipinski definition) is 5. The molecule has 2 heterocycles. The summed E-state index contributed by atoms with van der Waals surface area (Å²) in [5.41, 5.74) is 0.588. The molecule has 2 aliphatic rings. The highest BCUT2D eigenvalue weighted by molar-refractivity contribution is 6.02. The predicted molar refractivity (Wildman–Crippen MR) is 95.7 cm³/mol. The van der Waals surface area contributed by atoms with Crippen LogP contribution in [0.25, 0.3) is 0 Å². The number of fused-ring (bicyclic) bond motifs is 1. The molecule has 1 aliphatic heterocycles. The van der Waals surface area contributed by atoms with Crippen LogP contribution < -0.4 is 15.0 Å². The van der Waals surface area contributed by atoms with E-state index >= 15 is 0 Å². The molecule has 4 rings (SSSR count). The number of halogens is 3. The Labute approximate surface area is 159 Å². The summed E-state index contributed by atoms with van der Waals surface area (Å²) >= 11 is 0. The Kier molecular flexibility index (Phi) is 4.60. The fourth-order valence-corrected chi connectivity index (χ4v) is 3.45. The normalized spacial score (nSPS) is 23.7. The van der Waals surface area contributed by atoms with E-state index < -0.39 is 17.5 Å². The van der Waals surface area contributed by atoms with Gasteiger partial charge in [0.05, 0.1) is 12.3 Å². The molecule has 9 heteroatoms. The number of anilines is 2. The average molecular weight is 392 g/mol. The Bertz CT molecular complexity index is 910. The quantitative estimate of drug-likeness (QED) is 0.810. The molecule has 1 aromatic heterocycles. The van der Waals surface area contributed by atoms with Crippen molar-refractivity contribution < 1.29 is 22.7 Å². The minimum atomic E-state index is -1.50. The van der Waals surface area contributed by atoms with Crippen LogP contribution in [0.1, 0.15) is 25.6 Å². The smallest absolute Gasteiger partial charge is 0.246 e. The second-order valence-electron chi connectivity index (χ2n) is 7.28. The topological polar surface area (TPSA) is 67.3 Å². The Morgan fingerprint density at radius 2 is 1.93 bits per heavy atom. The van der Waals surface area contributed by atoms with Crippen LogP contribution in [0.15, 0.2) is 18.3 Å². The van der Waals surface area contributed by atoms with Gasteiger partial charge in [0.15, 0.2) is 23.3 Å². The van der Waals surface area contributed by atoms with Crippen molar-refractivity contribution in [3.05, 3.63) is 41.6 Å². The van der Waals surface area contributed by atoms with Crippen LogP contribution >= 0.6 is 0 Å². The first-order valence-electron chi connectivity index (χ1n) is 9.02. The first-order valence-corrected chi connectivity index (χ1v) is 9.02. The minimum absolute atomic E-state index is 0.0174. The zero-order valence-corrected chi connectivity index (χ0v) is 15.4. The molecule has 0 saturated heterocycles. The molecule has 1 N–H and O–H groups in total. The molecule has 148 valence electrons. The molecule has 1 fully saturated rings. The predicted octanol–water partition coefficient (Wildman–Crippen LogP) is 3.07. The molecule has 28 heavy (non-hydrogen) atoms. The number of amides is 1. The maximum absolute atomic E-state index is 13.3. The van der Waals surface area contributed by atoms with Gasteiger partial charge in [0, 0.05) is 25.6 Å². The van der Waals surface area contributed by atoms with E-state index in [1.54, 1.807) is 13.1 Å². The zero-order valence-electron chi connectivity index (χ0n) is 15.4. The third-order valence-corrected chi connectivity index (χ3v) is 5.29. The molecule has 1 amide bonds. The summed E-state index contributed by atoms with van der Waals surface area (Å²) < 4.78 is 45.0. The molecular formula is C19H19F3N4O2. The number of nitrogens with one attached hydrogen (secondary N) is 1. The van der Waals surface area contributed by atoms with Crippen molar-refractivity contribution in [1.29, 1.82) is 0 Å². The standard InChI is InChI=1S/C19H19F3N4O2/c1-9-19(27)24-15-8-23-16(25-18(15)26(9)2)5-10-3-11(4-10)28-12-6-13(20)17(22)14(21)7-12/h6-11H,3-5H2,1-2H3,(H,24,27)/t9-,10?,11?/m0/s1. The number of carbonyl (C=O) groups excluding carboxylic acids is 1. The van der Waals surface area contributed by atoms with Crippen LogP contribution in [0.2, 0.25) is 0 Å². The van der Waals surface area contributed by atoms with Gasteiger partial charge in [-0.15, -0.1) is 0 Å². The van der Waals surface area contributed by atoms with E-state index in [1.165, 1.54) is 0 Å².